The monoisotopic (exact) mass is 315 g/mol. The fraction of sp³-hybridized carbons (Fsp3) is 0.556. The van der Waals surface area contributed by atoms with Crippen LogP contribution in [0.2, 0.25) is 0 Å². The van der Waals surface area contributed by atoms with Crippen molar-refractivity contribution in [2.24, 2.45) is 0 Å². The zero-order valence-electron chi connectivity index (χ0n) is 14.3. The highest BCUT2D eigenvalue weighted by molar-refractivity contribution is 5.61. The van der Waals surface area contributed by atoms with Gasteiger partial charge in [0.15, 0.2) is 0 Å². The van der Waals surface area contributed by atoms with E-state index in [1.807, 2.05) is 0 Å². The lowest BCUT2D eigenvalue weighted by atomic mass is 10.0. The molecule has 5 heteroatoms. The summed E-state index contributed by atoms with van der Waals surface area (Å²) in [6.07, 6.45) is 3.41. The van der Waals surface area contributed by atoms with Crippen LogP contribution in [-0.4, -0.2) is 22.8 Å². The molecule has 0 unspecified atom stereocenters. The van der Waals surface area contributed by atoms with Crippen molar-refractivity contribution in [3.63, 3.8) is 0 Å². The Morgan fingerprint density at radius 1 is 1.35 bits per heavy atom. The third-order valence-corrected chi connectivity index (χ3v) is 4.41. The lowest BCUT2D eigenvalue weighted by Crippen LogP contribution is -2.13. The van der Waals surface area contributed by atoms with Gasteiger partial charge in [-0.2, -0.15) is 4.98 Å². The van der Waals surface area contributed by atoms with Gasteiger partial charge >= 0.3 is 0 Å². The van der Waals surface area contributed by atoms with Crippen LogP contribution in [0.15, 0.2) is 16.7 Å². The van der Waals surface area contributed by atoms with E-state index in [-0.39, 0.29) is 12.1 Å². The molecule has 1 N–H and O–H groups in total. The SMILES string of the molecule is CC[C@@H](C)Oc1c(C)cc(-c2noc([C@@H]3CCCN3)n2)cc1C. The second-order valence-electron chi connectivity index (χ2n) is 6.38. The Hall–Kier alpha value is -1.88. The van der Waals surface area contributed by atoms with Crippen LogP contribution in [-0.2, 0) is 0 Å². The standard InChI is InChI=1S/C18H25N3O2/c1-5-13(4)22-16-11(2)9-14(10-12(16)3)17-20-18(23-21-17)15-7-6-8-19-15/h9-10,13,15,19H,5-8H2,1-4H3/t13-,15+/m1/s1. The first kappa shape index (κ1) is 16.0. The van der Waals surface area contributed by atoms with E-state index in [0.717, 1.165) is 48.2 Å². The summed E-state index contributed by atoms with van der Waals surface area (Å²) in [4.78, 5) is 4.57. The van der Waals surface area contributed by atoms with Gasteiger partial charge in [-0.05, 0) is 69.8 Å². The van der Waals surface area contributed by atoms with E-state index in [9.17, 15) is 0 Å². The lowest BCUT2D eigenvalue weighted by molar-refractivity contribution is 0.214. The van der Waals surface area contributed by atoms with E-state index in [2.05, 4.69) is 55.3 Å². The molecule has 0 aliphatic carbocycles. The Kier molecular flexibility index (Phi) is 4.66. The number of hydrogen-bond acceptors (Lipinski definition) is 5. The topological polar surface area (TPSA) is 60.2 Å². The summed E-state index contributed by atoms with van der Waals surface area (Å²) in [6, 6.07) is 4.34. The third kappa shape index (κ3) is 3.39. The van der Waals surface area contributed by atoms with Crippen molar-refractivity contribution >= 4 is 0 Å². The molecule has 1 aliphatic rings. The van der Waals surface area contributed by atoms with Crippen LogP contribution in [0.5, 0.6) is 5.75 Å². The summed E-state index contributed by atoms with van der Waals surface area (Å²) < 4.78 is 11.5. The Balaban J connectivity index is 1.86. The molecule has 1 aromatic heterocycles. The molecule has 2 atom stereocenters. The van der Waals surface area contributed by atoms with Crippen molar-refractivity contribution in [2.45, 2.75) is 59.1 Å². The number of benzene rings is 1. The van der Waals surface area contributed by atoms with Gasteiger partial charge in [0.2, 0.25) is 11.7 Å². The lowest BCUT2D eigenvalue weighted by Gasteiger charge is -2.17. The highest BCUT2D eigenvalue weighted by atomic mass is 16.5. The van der Waals surface area contributed by atoms with Crippen molar-refractivity contribution in [3.8, 4) is 17.1 Å². The Bertz CT molecular complexity index is 652. The minimum absolute atomic E-state index is 0.200. The van der Waals surface area contributed by atoms with Gasteiger partial charge in [0.25, 0.3) is 0 Å². The Morgan fingerprint density at radius 2 is 2.09 bits per heavy atom. The van der Waals surface area contributed by atoms with Crippen molar-refractivity contribution in [1.82, 2.24) is 15.5 Å². The molecule has 0 amide bonds. The fourth-order valence-electron chi connectivity index (χ4n) is 2.94. The highest BCUT2D eigenvalue weighted by Gasteiger charge is 2.23. The van der Waals surface area contributed by atoms with Crippen molar-refractivity contribution in [2.75, 3.05) is 6.54 Å². The molecular formula is C18H25N3O2. The molecule has 124 valence electrons. The molecule has 3 rings (SSSR count). The zero-order chi connectivity index (χ0) is 16.4. The molecule has 1 fully saturated rings. The number of ether oxygens (including phenoxy) is 1. The van der Waals surface area contributed by atoms with Crippen molar-refractivity contribution in [3.05, 3.63) is 29.2 Å². The van der Waals surface area contributed by atoms with Crippen molar-refractivity contribution in [1.29, 1.82) is 0 Å². The highest BCUT2D eigenvalue weighted by Crippen LogP contribution is 2.31. The molecule has 0 spiro atoms. The van der Waals surface area contributed by atoms with Gasteiger partial charge < -0.3 is 14.6 Å². The van der Waals surface area contributed by atoms with E-state index >= 15 is 0 Å². The van der Waals surface area contributed by atoms with Gasteiger partial charge in [-0.3, -0.25) is 0 Å². The second-order valence-corrected chi connectivity index (χ2v) is 6.38. The van der Waals surface area contributed by atoms with Crippen LogP contribution in [0.4, 0.5) is 0 Å². The van der Waals surface area contributed by atoms with Crippen LogP contribution in [0.25, 0.3) is 11.4 Å². The molecule has 5 nitrogen and oxygen atoms in total. The van der Waals surface area contributed by atoms with Gasteiger partial charge in [0, 0.05) is 5.56 Å². The fourth-order valence-corrected chi connectivity index (χ4v) is 2.94. The average molecular weight is 315 g/mol. The summed E-state index contributed by atoms with van der Waals surface area (Å²) in [5.74, 6) is 2.30. The first-order valence-corrected chi connectivity index (χ1v) is 8.43. The summed E-state index contributed by atoms with van der Waals surface area (Å²) in [5.41, 5.74) is 3.18. The first-order valence-electron chi connectivity index (χ1n) is 8.43. The summed E-state index contributed by atoms with van der Waals surface area (Å²) in [6.45, 7) is 9.36. The van der Waals surface area contributed by atoms with E-state index < -0.39 is 0 Å². The van der Waals surface area contributed by atoms with Gasteiger partial charge in [-0.1, -0.05) is 12.1 Å². The summed E-state index contributed by atoms with van der Waals surface area (Å²) >= 11 is 0. The first-order chi connectivity index (χ1) is 11.1. The Morgan fingerprint density at radius 3 is 2.70 bits per heavy atom. The van der Waals surface area contributed by atoms with Crippen molar-refractivity contribution < 1.29 is 9.26 Å². The number of aryl methyl sites for hydroxylation is 2. The van der Waals surface area contributed by atoms with Gasteiger partial charge in [-0.15, -0.1) is 0 Å². The van der Waals surface area contributed by atoms with Crippen LogP contribution < -0.4 is 10.1 Å². The molecule has 0 saturated carbocycles. The Labute approximate surface area is 137 Å². The number of nitrogens with one attached hydrogen (secondary N) is 1. The molecule has 2 aromatic rings. The number of aromatic nitrogens is 2. The molecule has 1 aliphatic heterocycles. The van der Waals surface area contributed by atoms with Gasteiger partial charge in [0.1, 0.15) is 5.75 Å². The number of rotatable bonds is 5. The average Bonchev–Trinajstić information content (AvgIpc) is 3.20. The molecule has 1 saturated heterocycles. The smallest absolute Gasteiger partial charge is 0.244 e. The van der Waals surface area contributed by atoms with E-state index in [4.69, 9.17) is 9.26 Å². The molecule has 2 heterocycles. The number of hydrogen-bond donors (Lipinski definition) is 1. The largest absolute Gasteiger partial charge is 0.490 e. The predicted molar refractivity (Wildman–Crippen MR) is 89.6 cm³/mol. The predicted octanol–water partition coefficient (Wildman–Crippen LogP) is 3.96. The third-order valence-electron chi connectivity index (χ3n) is 4.41. The van der Waals surface area contributed by atoms with Crippen LogP contribution in [0, 0.1) is 13.8 Å². The van der Waals surface area contributed by atoms with Gasteiger partial charge in [-0.25, -0.2) is 0 Å². The van der Waals surface area contributed by atoms with Crippen LogP contribution in [0.1, 0.15) is 56.2 Å². The van der Waals surface area contributed by atoms with Gasteiger partial charge in [0.05, 0.1) is 12.1 Å². The van der Waals surface area contributed by atoms with E-state index in [1.54, 1.807) is 0 Å². The molecular weight excluding hydrogens is 290 g/mol. The van der Waals surface area contributed by atoms with Crippen LogP contribution in [0.3, 0.4) is 0 Å². The second kappa shape index (κ2) is 6.71. The molecule has 0 radical (unpaired) electrons. The minimum atomic E-state index is 0.200. The normalized spacial score (nSPS) is 19.0. The summed E-state index contributed by atoms with van der Waals surface area (Å²) in [5, 5.41) is 7.53. The molecule has 23 heavy (non-hydrogen) atoms. The molecule has 0 bridgehead atoms. The quantitative estimate of drug-likeness (QED) is 0.905. The van der Waals surface area contributed by atoms with E-state index in [1.165, 1.54) is 0 Å². The maximum atomic E-state index is 6.03. The zero-order valence-corrected chi connectivity index (χ0v) is 14.3. The van der Waals surface area contributed by atoms with E-state index in [0.29, 0.717) is 11.7 Å². The minimum Gasteiger partial charge on any atom is -0.490 e. The molecule has 1 aromatic carbocycles. The maximum Gasteiger partial charge on any atom is 0.244 e. The number of nitrogens with zero attached hydrogens (tertiary/aromatic N) is 2. The maximum absolute atomic E-state index is 6.03. The summed E-state index contributed by atoms with van der Waals surface area (Å²) in [7, 11) is 0. The van der Waals surface area contributed by atoms with Crippen LogP contribution >= 0.6 is 0 Å².